The van der Waals surface area contributed by atoms with Gasteiger partial charge >= 0.3 is 0 Å². The molecule has 1 aromatic carbocycles. The third kappa shape index (κ3) is 4.49. The molecule has 1 unspecified atom stereocenters. The third-order valence-corrected chi connectivity index (χ3v) is 3.32. The van der Waals surface area contributed by atoms with Gasteiger partial charge in [-0.15, -0.1) is 0 Å². The smallest absolute Gasteiger partial charge is 0.258 e. The molecular weight excluding hydrogens is 259 g/mol. The van der Waals surface area contributed by atoms with Crippen molar-refractivity contribution in [3.8, 4) is 5.75 Å². The summed E-state index contributed by atoms with van der Waals surface area (Å²) >= 11 is 0. The Morgan fingerprint density at radius 1 is 1.55 bits per heavy atom. The molecule has 1 atom stereocenters. The van der Waals surface area contributed by atoms with Crippen LogP contribution in [0.4, 0.5) is 4.39 Å². The minimum atomic E-state index is -0.454. The number of nitrogens with one attached hydrogen (secondary N) is 1. The molecule has 1 amide bonds. The van der Waals surface area contributed by atoms with Crippen LogP contribution < -0.4 is 15.8 Å². The molecule has 1 saturated carbocycles. The van der Waals surface area contributed by atoms with Crippen LogP contribution in [-0.4, -0.2) is 24.6 Å². The maximum Gasteiger partial charge on any atom is 0.258 e. The van der Waals surface area contributed by atoms with Crippen LogP contribution in [0.25, 0.3) is 0 Å². The summed E-state index contributed by atoms with van der Waals surface area (Å²) in [4.78, 5) is 11.5. The minimum absolute atomic E-state index is 0.0329. The summed E-state index contributed by atoms with van der Waals surface area (Å²) in [6, 6.07) is 5.08. The first-order chi connectivity index (χ1) is 9.58. The molecule has 0 spiro atoms. The predicted molar refractivity (Wildman–Crippen MR) is 75.0 cm³/mol. The Morgan fingerprint density at radius 2 is 2.30 bits per heavy atom. The van der Waals surface area contributed by atoms with Gasteiger partial charge in [-0.1, -0.05) is 13.0 Å². The van der Waals surface area contributed by atoms with Crippen molar-refractivity contribution in [1.82, 2.24) is 5.32 Å². The SMILES string of the molecule is CCC(N)Cc1ccc(OCC(=O)NC2CC2)c(F)c1. The number of carbonyl (C=O) groups is 1. The normalized spacial score (nSPS) is 15.8. The lowest BCUT2D eigenvalue weighted by Gasteiger charge is -2.11. The number of amides is 1. The highest BCUT2D eigenvalue weighted by Crippen LogP contribution is 2.20. The quantitative estimate of drug-likeness (QED) is 0.800. The van der Waals surface area contributed by atoms with Gasteiger partial charge in [0.05, 0.1) is 0 Å². The van der Waals surface area contributed by atoms with Crippen LogP contribution >= 0.6 is 0 Å². The fourth-order valence-electron chi connectivity index (χ4n) is 1.88. The number of nitrogens with two attached hydrogens (primary N) is 1. The first-order valence-electron chi connectivity index (χ1n) is 7.04. The van der Waals surface area contributed by atoms with Gasteiger partial charge in [-0.3, -0.25) is 4.79 Å². The Bertz CT molecular complexity index is 475. The van der Waals surface area contributed by atoms with E-state index in [1.165, 1.54) is 6.07 Å². The zero-order valence-electron chi connectivity index (χ0n) is 11.7. The molecule has 1 fully saturated rings. The van der Waals surface area contributed by atoms with Crippen molar-refractivity contribution < 1.29 is 13.9 Å². The van der Waals surface area contributed by atoms with Crippen molar-refractivity contribution in [2.24, 2.45) is 5.73 Å². The van der Waals surface area contributed by atoms with Crippen molar-refractivity contribution in [3.63, 3.8) is 0 Å². The fraction of sp³-hybridized carbons (Fsp3) is 0.533. The van der Waals surface area contributed by atoms with E-state index in [4.69, 9.17) is 10.5 Å². The van der Waals surface area contributed by atoms with Gasteiger partial charge in [-0.2, -0.15) is 0 Å². The van der Waals surface area contributed by atoms with Crippen molar-refractivity contribution >= 4 is 5.91 Å². The van der Waals surface area contributed by atoms with E-state index in [1.807, 2.05) is 6.92 Å². The molecule has 3 N–H and O–H groups in total. The minimum Gasteiger partial charge on any atom is -0.481 e. The topological polar surface area (TPSA) is 64.3 Å². The molecule has 0 bridgehead atoms. The van der Waals surface area contributed by atoms with Crippen LogP contribution in [0.1, 0.15) is 31.7 Å². The van der Waals surface area contributed by atoms with Crippen LogP contribution in [0.15, 0.2) is 18.2 Å². The number of hydrogen-bond donors (Lipinski definition) is 2. The monoisotopic (exact) mass is 280 g/mol. The van der Waals surface area contributed by atoms with E-state index in [9.17, 15) is 9.18 Å². The Hall–Kier alpha value is -1.62. The predicted octanol–water partition coefficient (Wildman–Crippen LogP) is 1.76. The van der Waals surface area contributed by atoms with Crippen molar-refractivity contribution in [1.29, 1.82) is 0 Å². The van der Waals surface area contributed by atoms with Gasteiger partial charge in [0.2, 0.25) is 0 Å². The number of benzene rings is 1. The lowest BCUT2D eigenvalue weighted by molar-refractivity contribution is -0.123. The second-order valence-electron chi connectivity index (χ2n) is 5.27. The number of hydrogen-bond acceptors (Lipinski definition) is 3. The van der Waals surface area contributed by atoms with Gasteiger partial charge in [0.15, 0.2) is 18.2 Å². The number of carbonyl (C=O) groups excluding carboxylic acids is 1. The molecule has 20 heavy (non-hydrogen) atoms. The summed E-state index contributed by atoms with van der Waals surface area (Å²) in [5, 5.41) is 2.79. The van der Waals surface area contributed by atoms with Crippen LogP contribution in [-0.2, 0) is 11.2 Å². The fourth-order valence-corrected chi connectivity index (χ4v) is 1.88. The second-order valence-corrected chi connectivity index (χ2v) is 5.27. The van der Waals surface area contributed by atoms with Crippen LogP contribution in [0.5, 0.6) is 5.75 Å². The molecular formula is C15H21FN2O2. The highest BCUT2D eigenvalue weighted by Gasteiger charge is 2.23. The second kappa shape index (κ2) is 6.70. The Balaban J connectivity index is 1.86. The maximum absolute atomic E-state index is 13.8. The molecule has 0 heterocycles. The first kappa shape index (κ1) is 14.8. The Labute approximate surface area is 118 Å². The number of ether oxygens (including phenoxy) is 1. The van der Waals surface area contributed by atoms with Crippen molar-refractivity contribution in [2.45, 2.75) is 44.7 Å². The van der Waals surface area contributed by atoms with Crippen LogP contribution in [0, 0.1) is 5.82 Å². The lowest BCUT2D eigenvalue weighted by Crippen LogP contribution is -2.30. The molecule has 0 aromatic heterocycles. The van der Waals surface area contributed by atoms with E-state index in [0.29, 0.717) is 6.42 Å². The molecule has 2 rings (SSSR count). The van der Waals surface area contributed by atoms with Gasteiger partial charge in [0.1, 0.15) is 0 Å². The van der Waals surface area contributed by atoms with E-state index >= 15 is 0 Å². The summed E-state index contributed by atoms with van der Waals surface area (Å²) in [6.07, 6.45) is 3.52. The summed E-state index contributed by atoms with van der Waals surface area (Å²) in [7, 11) is 0. The van der Waals surface area contributed by atoms with E-state index in [2.05, 4.69) is 5.32 Å². The molecule has 0 saturated heterocycles. The highest BCUT2D eigenvalue weighted by molar-refractivity contribution is 5.78. The zero-order chi connectivity index (χ0) is 14.5. The number of halogens is 1. The third-order valence-electron chi connectivity index (χ3n) is 3.32. The zero-order valence-corrected chi connectivity index (χ0v) is 11.7. The highest BCUT2D eigenvalue weighted by atomic mass is 19.1. The molecule has 5 heteroatoms. The summed E-state index contributed by atoms with van der Waals surface area (Å²) in [5.41, 5.74) is 6.68. The summed E-state index contributed by atoms with van der Waals surface area (Å²) in [5.74, 6) is -0.557. The van der Waals surface area contributed by atoms with Gasteiger partial charge in [-0.25, -0.2) is 4.39 Å². The standard InChI is InChI=1S/C15H21FN2O2/c1-2-11(17)7-10-3-6-14(13(16)8-10)20-9-15(19)18-12-4-5-12/h3,6,8,11-12H,2,4-5,7,9,17H2,1H3,(H,18,19). The van der Waals surface area contributed by atoms with E-state index in [-0.39, 0.29) is 30.3 Å². The largest absolute Gasteiger partial charge is 0.481 e. The number of rotatable bonds is 7. The maximum atomic E-state index is 13.8. The molecule has 4 nitrogen and oxygen atoms in total. The average Bonchev–Trinajstić information content (AvgIpc) is 3.21. The van der Waals surface area contributed by atoms with Crippen LogP contribution in [0.3, 0.4) is 0 Å². The van der Waals surface area contributed by atoms with E-state index in [1.54, 1.807) is 12.1 Å². The molecule has 0 radical (unpaired) electrons. The van der Waals surface area contributed by atoms with E-state index in [0.717, 1.165) is 24.8 Å². The summed E-state index contributed by atoms with van der Waals surface area (Å²) in [6.45, 7) is 1.85. The van der Waals surface area contributed by atoms with Crippen molar-refractivity contribution in [3.05, 3.63) is 29.6 Å². The van der Waals surface area contributed by atoms with Gasteiger partial charge in [0.25, 0.3) is 5.91 Å². The lowest BCUT2D eigenvalue weighted by atomic mass is 10.0. The molecule has 0 aliphatic heterocycles. The van der Waals surface area contributed by atoms with E-state index < -0.39 is 5.82 Å². The molecule has 1 aromatic rings. The Kier molecular flexibility index (Phi) is 4.95. The van der Waals surface area contributed by atoms with Gasteiger partial charge in [-0.05, 0) is 43.4 Å². The van der Waals surface area contributed by atoms with Gasteiger partial charge < -0.3 is 15.8 Å². The first-order valence-corrected chi connectivity index (χ1v) is 7.04. The van der Waals surface area contributed by atoms with Gasteiger partial charge in [0, 0.05) is 12.1 Å². The molecule has 1 aliphatic carbocycles. The Morgan fingerprint density at radius 3 is 2.90 bits per heavy atom. The molecule has 1 aliphatic rings. The molecule has 110 valence electrons. The summed E-state index contributed by atoms with van der Waals surface area (Å²) < 4.78 is 19.0. The van der Waals surface area contributed by atoms with Crippen LogP contribution in [0.2, 0.25) is 0 Å². The van der Waals surface area contributed by atoms with Crippen molar-refractivity contribution in [2.75, 3.05) is 6.61 Å². The average molecular weight is 280 g/mol.